The summed E-state index contributed by atoms with van der Waals surface area (Å²) in [6.07, 6.45) is 0. The maximum Gasteiger partial charge on any atom is 0.315 e. The molecule has 0 saturated carbocycles. The van der Waals surface area contributed by atoms with Gasteiger partial charge in [0.05, 0.1) is 5.75 Å². The summed E-state index contributed by atoms with van der Waals surface area (Å²) in [7, 11) is 0. The van der Waals surface area contributed by atoms with Crippen molar-refractivity contribution in [3.8, 4) is 0 Å². The topological polar surface area (TPSA) is 78.5 Å². The number of thioether (sulfide) groups is 1. The number of imide groups is 1. The molecule has 6 nitrogen and oxygen atoms in total. The summed E-state index contributed by atoms with van der Waals surface area (Å²) in [6, 6.07) is 6.85. The highest BCUT2D eigenvalue weighted by Crippen LogP contribution is 2.17. The third-order valence-corrected chi connectivity index (χ3v) is 4.09. The Labute approximate surface area is 131 Å². The summed E-state index contributed by atoms with van der Waals surface area (Å²) in [6.45, 7) is 0.708. The largest absolute Gasteiger partial charge is 0.336 e. The van der Waals surface area contributed by atoms with Gasteiger partial charge in [-0.1, -0.05) is 41.6 Å². The number of nitrogens with zero attached hydrogens (tertiary/aromatic N) is 1. The standard InChI is InChI=1S/C13H14ClN3O3S/c14-10-4-2-1-3-9(10)7-16-12(19)15-5-6-17-11(18)8-21-13(17)20/h1-4H,5-8H2,(H2,15,16,19). The van der Waals surface area contributed by atoms with E-state index in [9.17, 15) is 14.4 Å². The first-order valence-corrected chi connectivity index (χ1v) is 7.66. The molecule has 0 aliphatic carbocycles. The molecule has 1 aromatic rings. The van der Waals surface area contributed by atoms with Crippen LogP contribution in [-0.4, -0.2) is 40.9 Å². The van der Waals surface area contributed by atoms with Crippen molar-refractivity contribution < 1.29 is 14.4 Å². The summed E-state index contributed by atoms with van der Waals surface area (Å²) in [4.78, 5) is 35.4. The number of amides is 4. The number of halogens is 1. The molecule has 0 atom stereocenters. The molecule has 1 heterocycles. The average Bonchev–Trinajstić information content (AvgIpc) is 2.78. The van der Waals surface area contributed by atoms with Gasteiger partial charge >= 0.3 is 6.03 Å². The van der Waals surface area contributed by atoms with Crippen molar-refractivity contribution in [1.29, 1.82) is 0 Å². The molecular formula is C13H14ClN3O3S. The van der Waals surface area contributed by atoms with E-state index in [4.69, 9.17) is 11.6 Å². The van der Waals surface area contributed by atoms with E-state index < -0.39 is 0 Å². The van der Waals surface area contributed by atoms with Crippen LogP contribution < -0.4 is 10.6 Å². The number of carbonyl (C=O) groups is 3. The van der Waals surface area contributed by atoms with E-state index in [1.54, 1.807) is 6.07 Å². The number of rotatable bonds is 5. The summed E-state index contributed by atoms with van der Waals surface area (Å²) in [5, 5.41) is 5.57. The van der Waals surface area contributed by atoms with Crippen LogP contribution in [0.2, 0.25) is 5.02 Å². The molecule has 0 radical (unpaired) electrons. The van der Waals surface area contributed by atoms with Crippen molar-refractivity contribution in [2.45, 2.75) is 6.54 Å². The summed E-state index contributed by atoms with van der Waals surface area (Å²) < 4.78 is 0. The van der Waals surface area contributed by atoms with Gasteiger partial charge in [-0.25, -0.2) is 4.79 Å². The molecule has 0 bridgehead atoms. The SMILES string of the molecule is O=C(NCCN1C(=O)CSC1=O)NCc1ccccc1Cl. The third-order valence-electron chi connectivity index (χ3n) is 2.86. The first kappa shape index (κ1) is 15.7. The summed E-state index contributed by atoms with van der Waals surface area (Å²) in [5.41, 5.74) is 0.815. The van der Waals surface area contributed by atoms with Crippen molar-refractivity contribution in [3.63, 3.8) is 0 Å². The Hall–Kier alpha value is -1.73. The molecule has 0 aromatic heterocycles. The van der Waals surface area contributed by atoms with Crippen molar-refractivity contribution in [2.24, 2.45) is 0 Å². The van der Waals surface area contributed by atoms with Crippen molar-refractivity contribution in [2.75, 3.05) is 18.8 Å². The number of urea groups is 1. The van der Waals surface area contributed by atoms with E-state index in [0.717, 1.165) is 22.2 Å². The zero-order valence-electron chi connectivity index (χ0n) is 11.1. The second-order valence-electron chi connectivity index (χ2n) is 4.30. The Kier molecular flexibility index (Phi) is 5.46. The average molecular weight is 328 g/mol. The maximum atomic E-state index is 11.6. The number of hydrogen-bond acceptors (Lipinski definition) is 4. The van der Waals surface area contributed by atoms with Gasteiger partial charge in [-0.3, -0.25) is 14.5 Å². The molecule has 2 rings (SSSR count). The van der Waals surface area contributed by atoms with E-state index in [0.29, 0.717) is 11.6 Å². The second kappa shape index (κ2) is 7.33. The Morgan fingerprint density at radius 3 is 2.71 bits per heavy atom. The van der Waals surface area contributed by atoms with Gasteiger partial charge in [-0.2, -0.15) is 0 Å². The van der Waals surface area contributed by atoms with E-state index in [1.807, 2.05) is 18.2 Å². The van der Waals surface area contributed by atoms with E-state index in [1.165, 1.54) is 0 Å². The van der Waals surface area contributed by atoms with Crippen LogP contribution in [0.3, 0.4) is 0 Å². The van der Waals surface area contributed by atoms with Crippen LogP contribution in [-0.2, 0) is 11.3 Å². The molecule has 4 amide bonds. The Balaban J connectivity index is 1.69. The molecule has 1 saturated heterocycles. The van der Waals surface area contributed by atoms with Gasteiger partial charge in [0, 0.05) is 24.7 Å². The van der Waals surface area contributed by atoms with Gasteiger partial charge < -0.3 is 10.6 Å². The molecule has 21 heavy (non-hydrogen) atoms. The highest BCUT2D eigenvalue weighted by molar-refractivity contribution is 8.14. The minimum Gasteiger partial charge on any atom is -0.336 e. The second-order valence-corrected chi connectivity index (χ2v) is 5.63. The Morgan fingerprint density at radius 1 is 1.29 bits per heavy atom. The van der Waals surface area contributed by atoms with Crippen LogP contribution in [0.1, 0.15) is 5.56 Å². The van der Waals surface area contributed by atoms with Crippen molar-refractivity contribution in [1.82, 2.24) is 15.5 Å². The maximum absolute atomic E-state index is 11.6. The minimum absolute atomic E-state index is 0.178. The van der Waals surface area contributed by atoms with E-state index >= 15 is 0 Å². The number of carbonyl (C=O) groups excluding carboxylic acids is 3. The van der Waals surface area contributed by atoms with Crippen LogP contribution >= 0.6 is 23.4 Å². The quantitative estimate of drug-likeness (QED) is 0.865. The predicted molar refractivity (Wildman–Crippen MR) is 81.3 cm³/mol. The molecule has 0 unspecified atom stereocenters. The smallest absolute Gasteiger partial charge is 0.315 e. The lowest BCUT2D eigenvalue weighted by atomic mass is 10.2. The number of benzene rings is 1. The Morgan fingerprint density at radius 2 is 2.05 bits per heavy atom. The first-order valence-electron chi connectivity index (χ1n) is 6.30. The zero-order chi connectivity index (χ0) is 15.2. The molecule has 8 heteroatoms. The summed E-state index contributed by atoms with van der Waals surface area (Å²) in [5.74, 6) is -0.0411. The molecule has 112 valence electrons. The third kappa shape index (κ3) is 4.37. The van der Waals surface area contributed by atoms with Gasteiger partial charge in [0.2, 0.25) is 5.91 Å². The van der Waals surface area contributed by atoms with Crippen molar-refractivity contribution in [3.05, 3.63) is 34.9 Å². The van der Waals surface area contributed by atoms with Gasteiger partial charge in [0.15, 0.2) is 0 Å². The lowest BCUT2D eigenvalue weighted by Crippen LogP contribution is -2.41. The van der Waals surface area contributed by atoms with E-state index in [2.05, 4.69) is 10.6 Å². The molecule has 1 aromatic carbocycles. The molecule has 1 aliphatic heterocycles. The van der Waals surface area contributed by atoms with Crippen LogP contribution in [0, 0.1) is 0 Å². The summed E-state index contributed by atoms with van der Waals surface area (Å²) >= 11 is 6.95. The Bertz CT molecular complexity index is 551. The van der Waals surface area contributed by atoms with Gasteiger partial charge in [-0.15, -0.1) is 0 Å². The fourth-order valence-corrected chi connectivity index (χ4v) is 2.71. The minimum atomic E-state index is -0.373. The lowest BCUT2D eigenvalue weighted by molar-refractivity contribution is -0.124. The van der Waals surface area contributed by atoms with Crippen LogP contribution in [0.5, 0.6) is 0 Å². The predicted octanol–water partition coefficient (Wildman–Crippen LogP) is 1.83. The molecule has 1 fully saturated rings. The van der Waals surface area contributed by atoms with E-state index in [-0.39, 0.29) is 36.0 Å². The van der Waals surface area contributed by atoms with Crippen LogP contribution in [0.25, 0.3) is 0 Å². The zero-order valence-corrected chi connectivity index (χ0v) is 12.7. The fraction of sp³-hybridized carbons (Fsp3) is 0.308. The molecular weight excluding hydrogens is 314 g/mol. The van der Waals surface area contributed by atoms with Gasteiger partial charge in [0.25, 0.3) is 5.24 Å². The van der Waals surface area contributed by atoms with Crippen LogP contribution in [0.15, 0.2) is 24.3 Å². The number of nitrogens with one attached hydrogen (secondary N) is 2. The van der Waals surface area contributed by atoms with Gasteiger partial charge in [0.1, 0.15) is 0 Å². The van der Waals surface area contributed by atoms with Crippen molar-refractivity contribution >= 4 is 40.5 Å². The molecule has 0 spiro atoms. The lowest BCUT2D eigenvalue weighted by Gasteiger charge is -2.13. The highest BCUT2D eigenvalue weighted by Gasteiger charge is 2.29. The monoisotopic (exact) mass is 327 g/mol. The highest BCUT2D eigenvalue weighted by atomic mass is 35.5. The number of hydrogen-bond donors (Lipinski definition) is 2. The van der Waals surface area contributed by atoms with Gasteiger partial charge in [-0.05, 0) is 11.6 Å². The fourth-order valence-electron chi connectivity index (χ4n) is 1.76. The van der Waals surface area contributed by atoms with Crippen LogP contribution in [0.4, 0.5) is 9.59 Å². The molecule has 2 N–H and O–H groups in total. The first-order chi connectivity index (χ1) is 10.1. The molecule has 1 aliphatic rings. The normalized spacial score (nSPS) is 14.4.